The minimum Gasteiger partial charge on any atom is -0.350 e. The molecule has 2 aliphatic rings. The molecule has 0 aliphatic carbocycles. The highest BCUT2D eigenvalue weighted by atomic mass is 35.5. The topological polar surface area (TPSA) is 56.6 Å². The molecular formula is C22H23Cl2N3O3S. The minimum atomic E-state index is -0.102. The summed E-state index contributed by atoms with van der Waals surface area (Å²) in [5, 5.41) is 6.89. The first-order valence-corrected chi connectivity index (χ1v) is 12.0. The zero-order valence-electron chi connectivity index (χ0n) is 17.1. The zero-order valence-corrected chi connectivity index (χ0v) is 19.5. The molecule has 4 heterocycles. The first-order valence-electron chi connectivity index (χ1n) is 10.4. The number of thiophene rings is 1. The standard InChI is InChI=1S/C22H23Cl2N3O3S/c1-13-17-11-19(20(28)26-6-4-14(5-7-26)22-29-8-9-30-22)31-21(17)27(25-13)12-15-2-3-16(23)10-18(15)24/h2-3,10-11,14,22H,4-9,12H2,1H3. The number of hydrogen-bond acceptors (Lipinski definition) is 5. The van der Waals surface area contributed by atoms with E-state index in [0.717, 1.165) is 52.3 Å². The third kappa shape index (κ3) is 4.22. The lowest BCUT2D eigenvalue weighted by Crippen LogP contribution is -2.41. The smallest absolute Gasteiger partial charge is 0.264 e. The fraction of sp³-hybridized carbons (Fsp3) is 0.455. The Morgan fingerprint density at radius 1 is 1.19 bits per heavy atom. The van der Waals surface area contributed by atoms with Gasteiger partial charge in [-0.1, -0.05) is 29.3 Å². The molecule has 6 nitrogen and oxygen atoms in total. The van der Waals surface area contributed by atoms with E-state index in [-0.39, 0.29) is 12.2 Å². The molecule has 0 unspecified atom stereocenters. The minimum absolute atomic E-state index is 0.0865. The number of carbonyl (C=O) groups is 1. The maximum atomic E-state index is 13.2. The molecule has 164 valence electrons. The molecule has 1 aromatic carbocycles. The van der Waals surface area contributed by atoms with Crippen LogP contribution >= 0.6 is 34.5 Å². The molecule has 2 aliphatic heterocycles. The molecule has 0 radical (unpaired) electrons. The van der Waals surface area contributed by atoms with Crippen molar-refractivity contribution in [1.29, 1.82) is 0 Å². The number of aromatic nitrogens is 2. The van der Waals surface area contributed by atoms with Crippen LogP contribution in [0.25, 0.3) is 10.2 Å². The number of hydrogen-bond donors (Lipinski definition) is 0. The average molecular weight is 480 g/mol. The highest BCUT2D eigenvalue weighted by Crippen LogP contribution is 2.32. The molecular weight excluding hydrogens is 457 g/mol. The van der Waals surface area contributed by atoms with Crippen molar-refractivity contribution in [3.8, 4) is 0 Å². The second-order valence-electron chi connectivity index (χ2n) is 8.05. The lowest BCUT2D eigenvalue weighted by Gasteiger charge is -2.33. The number of carbonyl (C=O) groups excluding carboxylic acids is 1. The number of ether oxygens (including phenoxy) is 2. The van der Waals surface area contributed by atoms with Gasteiger partial charge in [-0.05, 0) is 43.5 Å². The Labute approximate surface area is 194 Å². The van der Waals surface area contributed by atoms with Crippen molar-refractivity contribution in [2.24, 2.45) is 5.92 Å². The van der Waals surface area contributed by atoms with Crippen LogP contribution < -0.4 is 0 Å². The molecule has 31 heavy (non-hydrogen) atoms. The van der Waals surface area contributed by atoms with E-state index < -0.39 is 0 Å². The van der Waals surface area contributed by atoms with Crippen LogP contribution in [-0.2, 0) is 16.0 Å². The molecule has 9 heteroatoms. The van der Waals surface area contributed by atoms with Gasteiger partial charge >= 0.3 is 0 Å². The summed E-state index contributed by atoms with van der Waals surface area (Å²) < 4.78 is 13.2. The van der Waals surface area contributed by atoms with E-state index >= 15 is 0 Å². The van der Waals surface area contributed by atoms with Gasteiger partial charge in [-0.25, -0.2) is 0 Å². The molecule has 1 amide bonds. The van der Waals surface area contributed by atoms with E-state index in [1.165, 1.54) is 11.3 Å². The molecule has 0 atom stereocenters. The summed E-state index contributed by atoms with van der Waals surface area (Å²) in [4.78, 5) is 16.8. The van der Waals surface area contributed by atoms with Crippen LogP contribution in [0.5, 0.6) is 0 Å². The maximum Gasteiger partial charge on any atom is 0.264 e. The van der Waals surface area contributed by atoms with Gasteiger partial charge in [0.15, 0.2) is 6.29 Å². The number of aryl methyl sites for hydroxylation is 1. The fourth-order valence-corrected chi connectivity index (χ4v) is 5.91. The van der Waals surface area contributed by atoms with E-state index in [0.29, 0.717) is 35.7 Å². The van der Waals surface area contributed by atoms with Crippen LogP contribution in [0.4, 0.5) is 0 Å². The summed E-state index contributed by atoms with van der Waals surface area (Å²) >= 11 is 13.9. The maximum absolute atomic E-state index is 13.2. The summed E-state index contributed by atoms with van der Waals surface area (Å²) in [6.45, 7) is 5.29. The number of likely N-dealkylation sites (tertiary alicyclic amines) is 1. The summed E-state index contributed by atoms with van der Waals surface area (Å²) in [5.74, 6) is 0.456. The van der Waals surface area contributed by atoms with Crippen LogP contribution in [0.1, 0.15) is 33.8 Å². The molecule has 3 aromatic rings. The lowest BCUT2D eigenvalue weighted by atomic mass is 9.96. The summed E-state index contributed by atoms with van der Waals surface area (Å²) in [5.41, 5.74) is 1.85. The predicted molar refractivity (Wildman–Crippen MR) is 122 cm³/mol. The summed E-state index contributed by atoms with van der Waals surface area (Å²) in [6, 6.07) is 7.45. The Balaban J connectivity index is 1.33. The predicted octanol–water partition coefficient (Wildman–Crippen LogP) is 4.99. The monoisotopic (exact) mass is 479 g/mol. The van der Waals surface area contributed by atoms with Crippen molar-refractivity contribution in [2.75, 3.05) is 26.3 Å². The van der Waals surface area contributed by atoms with Crippen LogP contribution in [0.2, 0.25) is 10.0 Å². The average Bonchev–Trinajstić information content (AvgIpc) is 3.49. The van der Waals surface area contributed by atoms with E-state index in [1.54, 1.807) is 6.07 Å². The van der Waals surface area contributed by atoms with Gasteiger partial charge in [0.25, 0.3) is 5.91 Å². The first kappa shape index (κ1) is 21.2. The Bertz CT molecular complexity index is 1110. The molecule has 2 saturated heterocycles. The molecule has 0 N–H and O–H groups in total. The molecule has 2 aromatic heterocycles. The van der Waals surface area contributed by atoms with Crippen molar-refractivity contribution in [1.82, 2.24) is 14.7 Å². The molecule has 5 rings (SSSR count). The number of benzene rings is 1. The highest BCUT2D eigenvalue weighted by molar-refractivity contribution is 7.20. The van der Waals surface area contributed by atoms with Gasteiger partial charge in [0.05, 0.1) is 30.3 Å². The van der Waals surface area contributed by atoms with Crippen LogP contribution in [0.15, 0.2) is 24.3 Å². The first-order chi connectivity index (χ1) is 15.0. The van der Waals surface area contributed by atoms with Crippen molar-refractivity contribution in [3.63, 3.8) is 0 Å². The van der Waals surface area contributed by atoms with Crippen molar-refractivity contribution >= 4 is 50.7 Å². The van der Waals surface area contributed by atoms with Gasteiger partial charge < -0.3 is 14.4 Å². The number of nitrogens with zero attached hydrogens (tertiary/aromatic N) is 3. The Morgan fingerprint density at radius 2 is 1.94 bits per heavy atom. The Kier molecular flexibility index (Phi) is 5.96. The third-order valence-electron chi connectivity index (χ3n) is 6.01. The number of amides is 1. The number of fused-ring (bicyclic) bond motifs is 1. The van der Waals surface area contributed by atoms with Crippen molar-refractivity contribution < 1.29 is 14.3 Å². The van der Waals surface area contributed by atoms with Gasteiger partial charge in [-0.3, -0.25) is 9.48 Å². The van der Waals surface area contributed by atoms with E-state index in [2.05, 4.69) is 5.10 Å². The van der Waals surface area contributed by atoms with Gasteiger partial charge in [0.1, 0.15) is 4.83 Å². The Morgan fingerprint density at radius 3 is 2.65 bits per heavy atom. The normalized spacial score (nSPS) is 18.4. The van der Waals surface area contributed by atoms with Crippen LogP contribution in [0, 0.1) is 12.8 Å². The lowest BCUT2D eigenvalue weighted by molar-refractivity contribution is -0.0955. The highest BCUT2D eigenvalue weighted by Gasteiger charge is 2.32. The summed E-state index contributed by atoms with van der Waals surface area (Å²) in [6.07, 6.45) is 1.71. The van der Waals surface area contributed by atoms with Crippen LogP contribution in [0.3, 0.4) is 0 Å². The Hall–Kier alpha value is -1.64. The van der Waals surface area contributed by atoms with E-state index in [1.807, 2.05) is 34.7 Å². The fourth-order valence-electron chi connectivity index (χ4n) is 4.32. The van der Waals surface area contributed by atoms with Crippen molar-refractivity contribution in [2.45, 2.75) is 32.6 Å². The largest absolute Gasteiger partial charge is 0.350 e. The molecule has 0 bridgehead atoms. The zero-order chi connectivity index (χ0) is 21.5. The summed E-state index contributed by atoms with van der Waals surface area (Å²) in [7, 11) is 0. The third-order valence-corrected chi connectivity index (χ3v) is 7.74. The van der Waals surface area contributed by atoms with Gasteiger partial charge in [-0.2, -0.15) is 5.10 Å². The molecule has 0 spiro atoms. The number of piperidine rings is 1. The second-order valence-corrected chi connectivity index (χ2v) is 9.92. The number of rotatable bonds is 4. The second kappa shape index (κ2) is 8.71. The SMILES string of the molecule is Cc1nn(Cc2ccc(Cl)cc2Cl)c2sc(C(=O)N3CCC(C4OCCO4)CC3)cc12. The molecule has 0 saturated carbocycles. The van der Waals surface area contributed by atoms with Gasteiger partial charge in [0, 0.05) is 34.4 Å². The van der Waals surface area contributed by atoms with Gasteiger partial charge in [0.2, 0.25) is 0 Å². The van der Waals surface area contributed by atoms with Gasteiger partial charge in [-0.15, -0.1) is 11.3 Å². The molecule has 2 fully saturated rings. The quantitative estimate of drug-likeness (QED) is 0.528. The van der Waals surface area contributed by atoms with Crippen molar-refractivity contribution in [3.05, 3.63) is 50.4 Å². The van der Waals surface area contributed by atoms with E-state index in [4.69, 9.17) is 32.7 Å². The number of halogens is 2. The van der Waals surface area contributed by atoms with E-state index in [9.17, 15) is 4.79 Å². The van der Waals surface area contributed by atoms with Crippen LogP contribution in [-0.4, -0.2) is 53.2 Å².